The van der Waals surface area contributed by atoms with E-state index in [1.54, 1.807) is 24.3 Å². The fourth-order valence-electron chi connectivity index (χ4n) is 6.13. The van der Waals surface area contributed by atoms with Gasteiger partial charge in [-0.15, -0.1) is 0 Å². The van der Waals surface area contributed by atoms with Crippen LogP contribution in [0.5, 0.6) is 0 Å². The van der Waals surface area contributed by atoms with E-state index >= 15 is 0 Å². The number of nitrogens with one attached hydrogen (secondary N) is 2. The Morgan fingerprint density at radius 3 is 2.56 bits per heavy atom. The van der Waals surface area contributed by atoms with Crippen LogP contribution >= 0.6 is 0 Å². The summed E-state index contributed by atoms with van der Waals surface area (Å²) in [5, 5.41) is 15.9. The molecule has 3 aromatic rings. The Kier molecular flexibility index (Phi) is 8.25. The molecular formula is C30H31F3N4O4. The smallest absolute Gasteiger partial charge is 0.419 e. The van der Waals surface area contributed by atoms with Crippen LogP contribution in [-0.4, -0.2) is 39.6 Å². The van der Waals surface area contributed by atoms with Gasteiger partial charge in [0.2, 0.25) is 5.95 Å². The van der Waals surface area contributed by atoms with Gasteiger partial charge in [-0.1, -0.05) is 36.8 Å². The van der Waals surface area contributed by atoms with Crippen LogP contribution in [0.25, 0.3) is 0 Å². The number of anilines is 2. The quantitative estimate of drug-likeness (QED) is 0.294. The summed E-state index contributed by atoms with van der Waals surface area (Å²) in [6.07, 6.45) is -0.529. The second-order valence-electron chi connectivity index (χ2n) is 10.8. The molecule has 216 valence electrons. The highest BCUT2D eigenvalue weighted by molar-refractivity contribution is 5.89. The largest absolute Gasteiger partial charge is 0.481 e. The van der Waals surface area contributed by atoms with Crippen molar-refractivity contribution in [2.75, 3.05) is 11.9 Å². The highest BCUT2D eigenvalue weighted by Gasteiger charge is 2.49. The molecule has 11 heteroatoms. The fraction of sp³-hybridized carbons (Fsp3) is 0.400. The van der Waals surface area contributed by atoms with Crippen LogP contribution in [0.2, 0.25) is 0 Å². The van der Waals surface area contributed by atoms with Gasteiger partial charge in [0.15, 0.2) is 0 Å². The van der Waals surface area contributed by atoms with Crippen LogP contribution in [0.4, 0.5) is 24.8 Å². The minimum Gasteiger partial charge on any atom is -0.481 e. The summed E-state index contributed by atoms with van der Waals surface area (Å²) in [5.74, 6) is -1.82. The number of nitrogens with zero attached hydrogens (tertiary/aromatic N) is 2. The van der Waals surface area contributed by atoms with E-state index in [2.05, 4.69) is 20.6 Å². The molecule has 1 saturated carbocycles. The molecule has 2 aliphatic rings. The van der Waals surface area contributed by atoms with Gasteiger partial charge in [-0.05, 0) is 67.5 Å². The zero-order valence-corrected chi connectivity index (χ0v) is 22.3. The number of esters is 1. The van der Waals surface area contributed by atoms with Crippen LogP contribution in [0, 0.1) is 11.3 Å². The normalized spacial score (nSPS) is 22.4. The van der Waals surface area contributed by atoms with Gasteiger partial charge in [-0.25, -0.2) is 14.8 Å². The number of alkyl halides is 3. The Bertz CT molecular complexity index is 1380. The number of aromatic nitrogens is 2. The average Bonchev–Trinajstić information content (AvgIpc) is 3.34. The van der Waals surface area contributed by atoms with Crippen LogP contribution < -0.4 is 10.6 Å². The van der Waals surface area contributed by atoms with Gasteiger partial charge in [0.25, 0.3) is 0 Å². The van der Waals surface area contributed by atoms with Crippen molar-refractivity contribution in [3.05, 3.63) is 83.2 Å². The number of benzene rings is 2. The number of carbonyl (C=O) groups excluding carboxylic acids is 1. The molecule has 1 aliphatic carbocycles. The molecule has 0 bridgehead atoms. The first-order valence-electron chi connectivity index (χ1n) is 13.6. The molecule has 1 saturated heterocycles. The van der Waals surface area contributed by atoms with Crippen molar-refractivity contribution in [2.45, 2.75) is 57.3 Å². The molecule has 0 amide bonds. The Labute approximate surface area is 235 Å². The van der Waals surface area contributed by atoms with E-state index in [1.807, 2.05) is 30.3 Å². The first-order chi connectivity index (χ1) is 19.6. The minimum absolute atomic E-state index is 0.00761. The van der Waals surface area contributed by atoms with E-state index < -0.39 is 35.0 Å². The zero-order valence-electron chi connectivity index (χ0n) is 22.3. The van der Waals surface area contributed by atoms with E-state index in [0.717, 1.165) is 24.6 Å². The third kappa shape index (κ3) is 6.67. The molecule has 41 heavy (non-hydrogen) atoms. The maximum absolute atomic E-state index is 13.9. The first-order valence-corrected chi connectivity index (χ1v) is 13.6. The van der Waals surface area contributed by atoms with Gasteiger partial charge in [-0.2, -0.15) is 13.2 Å². The number of rotatable bonds is 8. The topological polar surface area (TPSA) is 113 Å². The van der Waals surface area contributed by atoms with Gasteiger partial charge in [0.1, 0.15) is 6.61 Å². The number of hydrogen-bond acceptors (Lipinski definition) is 7. The van der Waals surface area contributed by atoms with Crippen LogP contribution in [-0.2, 0) is 28.7 Å². The molecule has 1 spiro atoms. The van der Waals surface area contributed by atoms with Crippen molar-refractivity contribution in [1.82, 2.24) is 15.3 Å². The molecule has 3 N–H and O–H groups in total. The van der Waals surface area contributed by atoms with Crippen LogP contribution in [0.15, 0.2) is 60.8 Å². The summed E-state index contributed by atoms with van der Waals surface area (Å²) in [5.41, 5.74) is 0.193. The Morgan fingerprint density at radius 2 is 1.85 bits per heavy atom. The molecule has 8 nitrogen and oxygen atoms in total. The summed E-state index contributed by atoms with van der Waals surface area (Å²) in [6, 6.07) is 15.2. The maximum atomic E-state index is 13.9. The minimum atomic E-state index is -4.64. The molecule has 1 unspecified atom stereocenters. The van der Waals surface area contributed by atoms with E-state index in [4.69, 9.17) is 4.74 Å². The van der Waals surface area contributed by atoms with Gasteiger partial charge in [-0.3, -0.25) is 4.79 Å². The second-order valence-corrected chi connectivity index (χ2v) is 10.8. The highest BCUT2D eigenvalue weighted by atomic mass is 19.4. The number of piperidine rings is 1. The third-order valence-electron chi connectivity index (χ3n) is 8.12. The van der Waals surface area contributed by atoms with E-state index in [9.17, 15) is 27.9 Å². The lowest BCUT2D eigenvalue weighted by atomic mass is 9.68. The summed E-state index contributed by atoms with van der Waals surface area (Å²) in [7, 11) is 0. The Balaban J connectivity index is 1.28. The molecule has 5 rings (SSSR count). The molecular weight excluding hydrogens is 537 g/mol. The Hall–Kier alpha value is -3.99. The van der Waals surface area contributed by atoms with Gasteiger partial charge in [0, 0.05) is 24.3 Å². The van der Waals surface area contributed by atoms with Gasteiger partial charge in [0.05, 0.1) is 22.7 Å². The predicted molar refractivity (Wildman–Crippen MR) is 144 cm³/mol. The lowest BCUT2D eigenvalue weighted by Crippen LogP contribution is -2.48. The van der Waals surface area contributed by atoms with Gasteiger partial charge < -0.3 is 20.5 Å². The van der Waals surface area contributed by atoms with Gasteiger partial charge >= 0.3 is 18.1 Å². The second kappa shape index (κ2) is 11.9. The van der Waals surface area contributed by atoms with E-state index in [-0.39, 0.29) is 30.7 Å². The molecule has 1 aliphatic heterocycles. The van der Waals surface area contributed by atoms with Crippen molar-refractivity contribution in [3.63, 3.8) is 0 Å². The molecule has 0 radical (unpaired) electrons. The summed E-state index contributed by atoms with van der Waals surface area (Å²) >= 11 is 0. The standard InChI is InChI=1S/C30H31F3N4O4/c31-30(32,33)24-17-35-28(36-21-10-8-20(9-11-21)27(40)41-18-19-5-2-1-3-6-19)37-25(24)15-22-16-29(13-14-34-22)12-4-7-23(29)26(38)39/h1-3,5-6,8-11,17,22-23,34H,4,7,12-16,18H2,(H,38,39)(H,35,36,37)/t22?,23-,29+/m1/s1. The van der Waals surface area contributed by atoms with Crippen molar-refractivity contribution < 1.29 is 32.6 Å². The molecule has 1 aromatic heterocycles. The molecule has 2 aromatic carbocycles. The van der Waals surface area contributed by atoms with Crippen molar-refractivity contribution >= 4 is 23.6 Å². The molecule has 2 heterocycles. The number of carbonyl (C=O) groups is 2. The maximum Gasteiger partial charge on any atom is 0.419 e. The highest BCUT2D eigenvalue weighted by Crippen LogP contribution is 2.51. The lowest BCUT2D eigenvalue weighted by molar-refractivity contribution is -0.146. The predicted octanol–water partition coefficient (Wildman–Crippen LogP) is 5.76. The fourth-order valence-corrected chi connectivity index (χ4v) is 6.13. The average molecular weight is 569 g/mol. The van der Waals surface area contributed by atoms with Crippen molar-refractivity contribution in [2.24, 2.45) is 11.3 Å². The molecule has 3 atom stereocenters. The SMILES string of the molecule is O=C(OCc1ccccc1)c1ccc(Nc2ncc(C(F)(F)F)c(CC3C[C@]4(CCC[C@@H]4C(=O)O)CCN3)n2)cc1. The number of aliphatic carboxylic acids is 1. The zero-order chi connectivity index (χ0) is 29.0. The molecule has 2 fully saturated rings. The summed E-state index contributed by atoms with van der Waals surface area (Å²) in [4.78, 5) is 32.4. The summed E-state index contributed by atoms with van der Waals surface area (Å²) in [6.45, 7) is 0.682. The number of ether oxygens (including phenoxy) is 1. The number of carboxylic acids is 1. The van der Waals surface area contributed by atoms with E-state index in [0.29, 0.717) is 37.1 Å². The number of carboxylic acid groups (broad SMARTS) is 1. The lowest BCUT2D eigenvalue weighted by Gasteiger charge is -2.41. The van der Waals surface area contributed by atoms with E-state index in [1.165, 1.54) is 0 Å². The van der Waals surface area contributed by atoms with Crippen LogP contribution in [0.1, 0.15) is 59.3 Å². The number of hydrogen-bond donors (Lipinski definition) is 3. The summed E-state index contributed by atoms with van der Waals surface area (Å²) < 4.78 is 46.9. The Morgan fingerprint density at radius 1 is 1.10 bits per heavy atom. The van der Waals surface area contributed by atoms with Crippen LogP contribution in [0.3, 0.4) is 0 Å². The van der Waals surface area contributed by atoms with Crippen molar-refractivity contribution in [3.8, 4) is 0 Å². The monoisotopic (exact) mass is 568 g/mol. The van der Waals surface area contributed by atoms with Crippen molar-refractivity contribution in [1.29, 1.82) is 0 Å². The third-order valence-corrected chi connectivity index (χ3v) is 8.12. The first kappa shape index (κ1) is 28.5. The number of halogens is 3.